The molecule has 1 unspecified atom stereocenters. The average Bonchev–Trinajstić information content (AvgIpc) is 2.51. The predicted octanol–water partition coefficient (Wildman–Crippen LogP) is 2.96. The van der Waals surface area contributed by atoms with Gasteiger partial charge >= 0.3 is 12.0 Å². The second-order valence-electron chi connectivity index (χ2n) is 6.96. The summed E-state index contributed by atoms with van der Waals surface area (Å²) in [6.45, 7) is 5.33. The summed E-state index contributed by atoms with van der Waals surface area (Å²) >= 11 is 0. The quantitative estimate of drug-likeness (QED) is 0.877. The number of carbonyl (C=O) groups excluding carboxylic acids is 1. The SMILES string of the molecule is CN(CCC(=O)O)C(=O)NCC1CCC(C)(C)c2ccccc21. The molecule has 1 aliphatic carbocycles. The molecule has 2 rings (SSSR count). The molecule has 0 fully saturated rings. The van der Waals surface area contributed by atoms with Crippen molar-refractivity contribution in [3.05, 3.63) is 35.4 Å². The Bertz CT molecular complexity index is 583. The highest BCUT2D eigenvalue weighted by Crippen LogP contribution is 2.42. The van der Waals surface area contributed by atoms with Crippen LogP contribution in [0.5, 0.6) is 0 Å². The number of benzene rings is 1. The van der Waals surface area contributed by atoms with Gasteiger partial charge in [0, 0.05) is 26.1 Å². The number of hydrogen-bond donors (Lipinski definition) is 2. The van der Waals surface area contributed by atoms with Crippen molar-refractivity contribution in [2.24, 2.45) is 0 Å². The summed E-state index contributed by atoms with van der Waals surface area (Å²) in [5.41, 5.74) is 2.86. The monoisotopic (exact) mass is 318 g/mol. The molecule has 1 aliphatic rings. The Kier molecular flexibility index (Phi) is 5.29. The highest BCUT2D eigenvalue weighted by atomic mass is 16.4. The molecule has 0 radical (unpaired) electrons. The normalized spacial score (nSPS) is 18.8. The van der Waals surface area contributed by atoms with Crippen molar-refractivity contribution in [3.8, 4) is 0 Å². The van der Waals surface area contributed by atoms with Gasteiger partial charge in [-0.2, -0.15) is 0 Å². The standard InChI is InChI=1S/C18H26N2O3/c1-18(2)10-8-13(14-6-4-5-7-15(14)18)12-19-17(23)20(3)11-9-16(21)22/h4-7,13H,8-12H2,1-3H3,(H,19,23)(H,21,22). The van der Waals surface area contributed by atoms with Crippen LogP contribution in [0.4, 0.5) is 4.79 Å². The Morgan fingerprint density at radius 1 is 1.35 bits per heavy atom. The summed E-state index contributed by atoms with van der Waals surface area (Å²) in [6, 6.07) is 8.24. The van der Waals surface area contributed by atoms with E-state index in [1.807, 2.05) is 6.07 Å². The maximum atomic E-state index is 12.1. The fraction of sp³-hybridized carbons (Fsp3) is 0.556. The lowest BCUT2D eigenvalue weighted by molar-refractivity contribution is -0.137. The second kappa shape index (κ2) is 7.02. The van der Waals surface area contributed by atoms with E-state index >= 15 is 0 Å². The summed E-state index contributed by atoms with van der Waals surface area (Å²) in [5, 5.41) is 11.6. The lowest BCUT2D eigenvalue weighted by Crippen LogP contribution is -2.41. The van der Waals surface area contributed by atoms with Gasteiger partial charge in [-0.3, -0.25) is 4.79 Å². The highest BCUT2D eigenvalue weighted by Gasteiger charge is 2.32. The molecule has 1 aromatic carbocycles. The predicted molar refractivity (Wildman–Crippen MR) is 89.7 cm³/mol. The molecule has 5 nitrogen and oxygen atoms in total. The van der Waals surface area contributed by atoms with Gasteiger partial charge in [-0.15, -0.1) is 0 Å². The van der Waals surface area contributed by atoms with Crippen molar-refractivity contribution in [1.82, 2.24) is 10.2 Å². The third-order valence-electron chi connectivity index (χ3n) is 4.76. The van der Waals surface area contributed by atoms with Crippen molar-refractivity contribution in [1.29, 1.82) is 0 Å². The van der Waals surface area contributed by atoms with Gasteiger partial charge in [0.25, 0.3) is 0 Å². The first-order valence-electron chi connectivity index (χ1n) is 8.11. The van der Waals surface area contributed by atoms with Crippen LogP contribution in [0.25, 0.3) is 0 Å². The fourth-order valence-electron chi connectivity index (χ4n) is 3.22. The molecule has 23 heavy (non-hydrogen) atoms. The van der Waals surface area contributed by atoms with Crippen LogP contribution in [0.3, 0.4) is 0 Å². The molecule has 126 valence electrons. The number of aliphatic carboxylic acids is 1. The Labute approximate surface area is 137 Å². The average molecular weight is 318 g/mol. The van der Waals surface area contributed by atoms with Gasteiger partial charge in [-0.1, -0.05) is 38.1 Å². The number of urea groups is 1. The summed E-state index contributed by atoms with van der Waals surface area (Å²) in [5.74, 6) is -0.580. The van der Waals surface area contributed by atoms with Gasteiger partial charge in [0.1, 0.15) is 0 Å². The topological polar surface area (TPSA) is 69.6 Å². The number of carboxylic acids is 1. The Balaban J connectivity index is 1.96. The van der Waals surface area contributed by atoms with Crippen LogP contribution < -0.4 is 5.32 Å². The number of amides is 2. The number of fused-ring (bicyclic) bond motifs is 1. The van der Waals surface area contributed by atoms with E-state index in [9.17, 15) is 9.59 Å². The van der Waals surface area contributed by atoms with E-state index in [2.05, 4.69) is 37.4 Å². The lowest BCUT2D eigenvalue weighted by atomic mass is 9.69. The first-order chi connectivity index (χ1) is 10.8. The van der Waals surface area contributed by atoms with Crippen molar-refractivity contribution in [2.75, 3.05) is 20.1 Å². The summed E-state index contributed by atoms with van der Waals surface area (Å²) in [4.78, 5) is 24.1. The van der Waals surface area contributed by atoms with Crippen LogP contribution in [-0.4, -0.2) is 42.1 Å². The molecular weight excluding hydrogens is 292 g/mol. The largest absolute Gasteiger partial charge is 0.481 e. The third-order valence-corrected chi connectivity index (χ3v) is 4.76. The van der Waals surface area contributed by atoms with Gasteiger partial charge in [-0.25, -0.2) is 4.79 Å². The molecule has 2 N–H and O–H groups in total. The molecule has 0 saturated heterocycles. The zero-order valence-corrected chi connectivity index (χ0v) is 14.1. The van der Waals surface area contributed by atoms with E-state index in [1.54, 1.807) is 7.05 Å². The smallest absolute Gasteiger partial charge is 0.317 e. The lowest BCUT2D eigenvalue weighted by Gasteiger charge is -2.37. The minimum absolute atomic E-state index is 0.0373. The van der Waals surface area contributed by atoms with E-state index in [4.69, 9.17) is 5.11 Å². The Hall–Kier alpha value is -2.04. The number of nitrogens with zero attached hydrogens (tertiary/aromatic N) is 1. The van der Waals surface area contributed by atoms with Crippen LogP contribution in [0, 0.1) is 0 Å². The summed E-state index contributed by atoms with van der Waals surface area (Å²) in [6.07, 6.45) is 2.10. The van der Waals surface area contributed by atoms with Gasteiger partial charge in [0.2, 0.25) is 0 Å². The zero-order chi connectivity index (χ0) is 17.0. The van der Waals surface area contributed by atoms with Gasteiger partial charge < -0.3 is 15.3 Å². The number of hydrogen-bond acceptors (Lipinski definition) is 2. The molecular formula is C18H26N2O3. The molecule has 0 spiro atoms. The fourth-order valence-corrected chi connectivity index (χ4v) is 3.22. The molecule has 0 aromatic heterocycles. The number of carboxylic acid groups (broad SMARTS) is 1. The van der Waals surface area contributed by atoms with Crippen molar-refractivity contribution in [3.63, 3.8) is 0 Å². The first-order valence-corrected chi connectivity index (χ1v) is 8.11. The van der Waals surface area contributed by atoms with Crippen molar-refractivity contribution in [2.45, 2.75) is 44.4 Å². The van der Waals surface area contributed by atoms with Crippen molar-refractivity contribution >= 4 is 12.0 Å². The Morgan fingerprint density at radius 2 is 2.04 bits per heavy atom. The zero-order valence-electron chi connectivity index (χ0n) is 14.1. The summed E-state index contributed by atoms with van der Waals surface area (Å²) < 4.78 is 0. The van der Waals surface area contributed by atoms with Crippen LogP contribution in [0.2, 0.25) is 0 Å². The van der Waals surface area contributed by atoms with Crippen LogP contribution in [0.15, 0.2) is 24.3 Å². The number of carbonyl (C=O) groups is 2. The molecule has 1 atom stereocenters. The van der Waals surface area contributed by atoms with E-state index in [-0.39, 0.29) is 24.4 Å². The first kappa shape index (κ1) is 17.3. The van der Waals surface area contributed by atoms with E-state index < -0.39 is 5.97 Å². The second-order valence-corrected chi connectivity index (χ2v) is 6.96. The van der Waals surface area contributed by atoms with Gasteiger partial charge in [0.05, 0.1) is 6.42 Å². The van der Waals surface area contributed by atoms with Crippen LogP contribution in [-0.2, 0) is 10.2 Å². The van der Waals surface area contributed by atoms with Crippen LogP contribution >= 0.6 is 0 Å². The summed E-state index contributed by atoms with van der Waals surface area (Å²) in [7, 11) is 1.62. The maximum Gasteiger partial charge on any atom is 0.317 e. The number of nitrogens with one attached hydrogen (secondary N) is 1. The number of rotatable bonds is 5. The highest BCUT2D eigenvalue weighted by molar-refractivity contribution is 5.75. The molecule has 0 aliphatic heterocycles. The van der Waals surface area contributed by atoms with Gasteiger partial charge in [0.15, 0.2) is 0 Å². The molecule has 5 heteroatoms. The van der Waals surface area contributed by atoms with E-state index in [1.165, 1.54) is 16.0 Å². The van der Waals surface area contributed by atoms with E-state index in [0.29, 0.717) is 12.5 Å². The minimum atomic E-state index is -0.895. The van der Waals surface area contributed by atoms with Crippen LogP contribution in [0.1, 0.15) is 50.2 Å². The van der Waals surface area contributed by atoms with Gasteiger partial charge in [-0.05, 0) is 29.4 Å². The molecule has 2 amide bonds. The molecule has 0 bridgehead atoms. The Morgan fingerprint density at radius 3 is 2.74 bits per heavy atom. The molecule has 0 heterocycles. The van der Waals surface area contributed by atoms with E-state index in [0.717, 1.165) is 12.8 Å². The third kappa shape index (κ3) is 4.24. The molecule has 0 saturated carbocycles. The van der Waals surface area contributed by atoms with Crippen molar-refractivity contribution < 1.29 is 14.7 Å². The maximum absolute atomic E-state index is 12.1. The molecule has 1 aromatic rings. The minimum Gasteiger partial charge on any atom is -0.481 e.